The molecule has 0 saturated heterocycles. The van der Waals surface area contributed by atoms with E-state index in [-0.39, 0.29) is 17.4 Å². The number of carbonyl (C=O) groups excluding carboxylic acids is 2. The van der Waals surface area contributed by atoms with Gasteiger partial charge < -0.3 is 28.8 Å². The van der Waals surface area contributed by atoms with Crippen LogP contribution in [0.4, 0.5) is 11.4 Å². The predicted molar refractivity (Wildman–Crippen MR) is 167 cm³/mol. The first-order chi connectivity index (χ1) is 20.6. The molecule has 10 heteroatoms. The molecule has 0 atom stereocenters. The van der Waals surface area contributed by atoms with Gasteiger partial charge in [-0.3, -0.25) is 19.4 Å². The van der Waals surface area contributed by atoms with Crippen LogP contribution in [-0.2, 0) is 29.1 Å². The molecule has 4 heterocycles. The van der Waals surface area contributed by atoms with Gasteiger partial charge in [0.2, 0.25) is 11.8 Å². The second-order valence-corrected chi connectivity index (χ2v) is 11.4. The van der Waals surface area contributed by atoms with E-state index in [9.17, 15) is 14.4 Å². The lowest BCUT2D eigenvalue weighted by atomic mass is 9.90. The second kappa shape index (κ2) is 12.4. The Hall–Kier alpha value is -4.44. The van der Waals surface area contributed by atoms with Crippen LogP contribution in [-0.4, -0.2) is 48.1 Å². The number of benzene rings is 1. The highest BCUT2D eigenvalue weighted by Gasteiger charge is 2.45. The summed E-state index contributed by atoms with van der Waals surface area (Å²) in [6.45, 7) is 10.1. The van der Waals surface area contributed by atoms with Crippen molar-refractivity contribution in [1.29, 1.82) is 0 Å². The number of amides is 2. The first kappa shape index (κ1) is 30.0. The van der Waals surface area contributed by atoms with Crippen molar-refractivity contribution < 1.29 is 18.7 Å². The Morgan fingerprint density at radius 2 is 1.86 bits per heavy atom. The zero-order chi connectivity index (χ0) is 30.7. The summed E-state index contributed by atoms with van der Waals surface area (Å²) in [6.07, 6.45) is 6.62. The van der Waals surface area contributed by atoms with Gasteiger partial charge in [0, 0.05) is 62.8 Å². The zero-order valence-corrected chi connectivity index (χ0v) is 25.5. The Morgan fingerprint density at radius 1 is 1.05 bits per heavy atom. The highest BCUT2D eigenvalue weighted by atomic mass is 16.5. The van der Waals surface area contributed by atoms with E-state index in [1.54, 1.807) is 53.9 Å². The minimum absolute atomic E-state index is 0.0443. The Bertz CT molecular complexity index is 1710. The maximum Gasteiger partial charge on any atom is 0.261 e. The first-order valence-electron chi connectivity index (χ1n) is 14.7. The van der Waals surface area contributed by atoms with Gasteiger partial charge in [-0.15, -0.1) is 0 Å². The van der Waals surface area contributed by atoms with Crippen LogP contribution >= 0.6 is 0 Å². The van der Waals surface area contributed by atoms with Gasteiger partial charge in [-0.2, -0.15) is 0 Å². The van der Waals surface area contributed by atoms with E-state index in [0.717, 1.165) is 29.8 Å². The fourth-order valence-corrected chi connectivity index (χ4v) is 5.51. The van der Waals surface area contributed by atoms with Crippen molar-refractivity contribution >= 4 is 34.2 Å². The third kappa shape index (κ3) is 6.06. The highest BCUT2D eigenvalue weighted by molar-refractivity contribution is 6.20. The predicted octanol–water partition coefficient (Wildman–Crippen LogP) is 4.45. The Kier molecular flexibility index (Phi) is 8.68. The number of carbonyl (C=O) groups is 2. The molecule has 1 aliphatic heterocycles. The Balaban J connectivity index is 1.10. The number of furan rings is 1. The van der Waals surface area contributed by atoms with E-state index in [2.05, 4.69) is 16.4 Å². The third-order valence-corrected chi connectivity index (χ3v) is 8.00. The summed E-state index contributed by atoms with van der Waals surface area (Å²) in [5.74, 6) is 0.209. The van der Waals surface area contributed by atoms with Crippen LogP contribution in [0.15, 0.2) is 64.3 Å². The summed E-state index contributed by atoms with van der Waals surface area (Å²) in [7, 11) is 1.70. The number of rotatable bonds is 11. The maximum atomic E-state index is 13.1. The van der Waals surface area contributed by atoms with Crippen molar-refractivity contribution in [1.82, 2.24) is 14.9 Å². The number of nitrogens with one attached hydrogen (secondary N) is 1. The standard InChI is InChI=1S/C33H39N5O5/c1-6-38-26-9-8-25(19-27(26)36(5)31(40)33(3,4)32(38)41)42-17-7-13-34-20-23-10-14-35-24(18-23)11-15-37-16-12-28-29(30(37)39)22(2)21-43-28/h8-10,12,14,16,18-19,21,34H,6-7,11,13,15,17,20H2,1-5H3. The van der Waals surface area contributed by atoms with Crippen molar-refractivity contribution in [3.63, 3.8) is 0 Å². The van der Waals surface area contributed by atoms with Crippen LogP contribution in [0.5, 0.6) is 5.75 Å². The molecular formula is C33H39N5O5. The number of fused-ring (bicyclic) bond motifs is 2. The van der Waals surface area contributed by atoms with Gasteiger partial charge in [-0.05, 0) is 76.6 Å². The van der Waals surface area contributed by atoms with Crippen molar-refractivity contribution in [2.24, 2.45) is 5.41 Å². The molecule has 0 bridgehead atoms. The van der Waals surface area contributed by atoms with Gasteiger partial charge in [-0.25, -0.2) is 0 Å². The van der Waals surface area contributed by atoms with E-state index in [0.29, 0.717) is 60.8 Å². The van der Waals surface area contributed by atoms with Crippen molar-refractivity contribution in [2.75, 3.05) is 36.5 Å². The summed E-state index contributed by atoms with van der Waals surface area (Å²) < 4.78 is 13.1. The lowest BCUT2D eigenvalue weighted by molar-refractivity contribution is -0.137. The van der Waals surface area contributed by atoms with Crippen LogP contribution in [0.25, 0.3) is 11.0 Å². The fourth-order valence-electron chi connectivity index (χ4n) is 5.51. The molecular weight excluding hydrogens is 546 g/mol. The fraction of sp³-hybridized carbons (Fsp3) is 0.394. The average molecular weight is 586 g/mol. The number of hydrogen-bond acceptors (Lipinski definition) is 7. The molecule has 10 nitrogen and oxygen atoms in total. The lowest BCUT2D eigenvalue weighted by Crippen LogP contribution is -2.47. The number of nitrogens with zero attached hydrogens (tertiary/aromatic N) is 4. The maximum absolute atomic E-state index is 13.1. The van der Waals surface area contributed by atoms with Gasteiger partial charge in [0.25, 0.3) is 5.56 Å². The molecule has 5 rings (SSSR count). The topological polar surface area (TPSA) is 110 Å². The minimum Gasteiger partial charge on any atom is -0.493 e. The monoisotopic (exact) mass is 585 g/mol. The molecule has 0 unspecified atom stereocenters. The van der Waals surface area contributed by atoms with Crippen LogP contribution in [0.1, 0.15) is 44.0 Å². The normalized spacial score (nSPS) is 14.7. The average Bonchev–Trinajstić information content (AvgIpc) is 3.37. The molecule has 0 saturated carbocycles. The third-order valence-electron chi connectivity index (χ3n) is 8.00. The number of hydrogen-bond donors (Lipinski definition) is 1. The van der Waals surface area contributed by atoms with Gasteiger partial charge in [0.15, 0.2) is 0 Å². The van der Waals surface area contributed by atoms with E-state index >= 15 is 0 Å². The number of aromatic nitrogens is 2. The summed E-state index contributed by atoms with van der Waals surface area (Å²) in [6, 6.07) is 11.4. The summed E-state index contributed by atoms with van der Waals surface area (Å²) in [5.41, 5.74) is 3.70. The smallest absolute Gasteiger partial charge is 0.261 e. The summed E-state index contributed by atoms with van der Waals surface area (Å²) >= 11 is 0. The number of ether oxygens (including phenoxy) is 1. The van der Waals surface area contributed by atoms with Crippen LogP contribution in [0.2, 0.25) is 0 Å². The van der Waals surface area contributed by atoms with E-state index in [1.807, 2.05) is 44.2 Å². The number of anilines is 2. The van der Waals surface area contributed by atoms with Crippen LogP contribution in [0, 0.1) is 12.3 Å². The second-order valence-electron chi connectivity index (χ2n) is 11.4. The molecule has 1 N–H and O–H groups in total. The molecule has 43 heavy (non-hydrogen) atoms. The van der Waals surface area contributed by atoms with E-state index < -0.39 is 5.41 Å². The number of pyridine rings is 2. The molecule has 3 aromatic heterocycles. The minimum atomic E-state index is -1.14. The molecule has 226 valence electrons. The lowest BCUT2D eigenvalue weighted by Gasteiger charge is -2.27. The number of aryl methyl sites for hydroxylation is 3. The van der Waals surface area contributed by atoms with E-state index in [4.69, 9.17) is 9.15 Å². The molecule has 0 spiro atoms. The Labute approximate surface area is 251 Å². The summed E-state index contributed by atoms with van der Waals surface area (Å²) in [5, 5.41) is 4.08. The molecule has 4 aromatic rings. The highest BCUT2D eigenvalue weighted by Crippen LogP contribution is 2.40. The Morgan fingerprint density at radius 3 is 2.65 bits per heavy atom. The first-order valence-corrected chi connectivity index (χ1v) is 14.7. The van der Waals surface area contributed by atoms with Crippen LogP contribution < -0.4 is 25.4 Å². The SMILES string of the molecule is CCN1C(=O)C(C)(C)C(=O)N(C)c2cc(OCCCNCc3ccnc(CCn4ccc5occ(C)c5c4=O)c3)ccc21. The zero-order valence-electron chi connectivity index (χ0n) is 25.5. The van der Waals surface area contributed by atoms with Gasteiger partial charge in [-0.1, -0.05) is 0 Å². The van der Waals surface area contributed by atoms with Crippen molar-refractivity contribution in [3.8, 4) is 5.75 Å². The van der Waals surface area contributed by atoms with Crippen molar-refractivity contribution in [3.05, 3.63) is 82.2 Å². The van der Waals surface area contributed by atoms with Crippen LogP contribution in [0.3, 0.4) is 0 Å². The molecule has 0 radical (unpaired) electrons. The van der Waals surface area contributed by atoms with Crippen molar-refractivity contribution in [2.45, 2.75) is 53.6 Å². The van der Waals surface area contributed by atoms with Gasteiger partial charge in [0.05, 0.1) is 29.6 Å². The molecule has 1 aliphatic rings. The largest absolute Gasteiger partial charge is 0.493 e. The van der Waals surface area contributed by atoms with E-state index in [1.165, 1.54) is 0 Å². The molecule has 0 aliphatic carbocycles. The summed E-state index contributed by atoms with van der Waals surface area (Å²) in [4.78, 5) is 46.6. The van der Waals surface area contributed by atoms with Gasteiger partial charge >= 0.3 is 0 Å². The quantitative estimate of drug-likeness (QED) is 0.205. The molecule has 1 aromatic carbocycles. The van der Waals surface area contributed by atoms with Gasteiger partial charge in [0.1, 0.15) is 16.7 Å². The molecule has 0 fully saturated rings. The molecule has 2 amide bonds.